The molecule has 5 heteroatoms. The molecule has 1 aliphatic carbocycles. The van der Waals surface area contributed by atoms with Gasteiger partial charge in [-0.25, -0.2) is 4.39 Å². The molecule has 1 aliphatic heterocycles. The number of aliphatic hydroxyl groups excluding tert-OH is 1. The predicted octanol–water partition coefficient (Wildman–Crippen LogP) is 2.65. The van der Waals surface area contributed by atoms with E-state index in [2.05, 4.69) is 11.9 Å². The van der Waals surface area contributed by atoms with Crippen molar-refractivity contribution in [1.82, 2.24) is 4.90 Å². The molecule has 1 saturated heterocycles. The molecule has 0 radical (unpaired) electrons. The Morgan fingerprint density at radius 3 is 2.71 bits per heavy atom. The topological polar surface area (TPSA) is 35.9 Å². The van der Waals surface area contributed by atoms with Crippen molar-refractivity contribution in [1.29, 1.82) is 0 Å². The first-order chi connectivity index (χ1) is 11.6. The number of ether oxygens (including phenoxy) is 1. The van der Waals surface area contributed by atoms with Gasteiger partial charge >= 0.3 is 0 Å². The van der Waals surface area contributed by atoms with Crippen molar-refractivity contribution in [2.45, 2.75) is 38.3 Å². The Bertz CT molecular complexity index is 534. The molecule has 1 aromatic carbocycles. The number of benzene rings is 1. The molecule has 0 amide bonds. The average molecular weight is 336 g/mol. The summed E-state index contributed by atoms with van der Waals surface area (Å²) in [6, 6.07) is 5.56. The van der Waals surface area contributed by atoms with E-state index in [1.165, 1.54) is 6.42 Å². The largest absolute Gasteiger partial charge is 0.393 e. The van der Waals surface area contributed by atoms with Gasteiger partial charge in [0.2, 0.25) is 0 Å². The van der Waals surface area contributed by atoms with Crippen molar-refractivity contribution in [2.75, 3.05) is 44.8 Å². The molecule has 2 atom stereocenters. The Hall–Kier alpha value is -1.17. The van der Waals surface area contributed by atoms with Gasteiger partial charge in [-0.2, -0.15) is 0 Å². The Balaban J connectivity index is 1.57. The maximum absolute atomic E-state index is 14.5. The van der Waals surface area contributed by atoms with Gasteiger partial charge in [0.15, 0.2) is 0 Å². The predicted molar refractivity (Wildman–Crippen MR) is 93.7 cm³/mol. The van der Waals surface area contributed by atoms with E-state index in [1.807, 2.05) is 17.0 Å². The summed E-state index contributed by atoms with van der Waals surface area (Å²) in [6.07, 6.45) is 4.17. The van der Waals surface area contributed by atoms with Gasteiger partial charge in [-0.1, -0.05) is 18.9 Å². The summed E-state index contributed by atoms with van der Waals surface area (Å²) < 4.78 is 19.8. The number of rotatable bonds is 5. The van der Waals surface area contributed by atoms with Gasteiger partial charge in [0.05, 0.1) is 25.0 Å². The zero-order valence-electron chi connectivity index (χ0n) is 14.6. The quantitative estimate of drug-likeness (QED) is 0.897. The molecule has 2 aliphatic rings. The van der Waals surface area contributed by atoms with Crippen LogP contribution in [-0.4, -0.2) is 56.0 Å². The third-order valence-corrected chi connectivity index (χ3v) is 5.23. The second-order valence-corrected chi connectivity index (χ2v) is 7.19. The van der Waals surface area contributed by atoms with Crippen LogP contribution in [0.3, 0.4) is 0 Å². The third-order valence-electron chi connectivity index (χ3n) is 5.23. The van der Waals surface area contributed by atoms with Crippen LogP contribution in [0.4, 0.5) is 10.1 Å². The number of halogens is 1. The molecule has 24 heavy (non-hydrogen) atoms. The van der Waals surface area contributed by atoms with Crippen LogP contribution in [0.15, 0.2) is 18.2 Å². The summed E-state index contributed by atoms with van der Waals surface area (Å²) in [6.45, 7) is 4.39. The molecular weight excluding hydrogens is 307 g/mol. The highest BCUT2D eigenvalue weighted by atomic mass is 19.1. The Morgan fingerprint density at radius 2 is 2.00 bits per heavy atom. The van der Waals surface area contributed by atoms with Crippen molar-refractivity contribution in [3.63, 3.8) is 0 Å². The van der Waals surface area contributed by atoms with Crippen LogP contribution in [0, 0.1) is 11.7 Å². The van der Waals surface area contributed by atoms with Crippen LogP contribution in [0.25, 0.3) is 0 Å². The Morgan fingerprint density at radius 1 is 1.25 bits per heavy atom. The lowest BCUT2D eigenvalue weighted by Crippen LogP contribution is -2.36. The summed E-state index contributed by atoms with van der Waals surface area (Å²) >= 11 is 0. The van der Waals surface area contributed by atoms with Crippen LogP contribution in [0.2, 0.25) is 0 Å². The highest BCUT2D eigenvalue weighted by Gasteiger charge is 2.24. The molecule has 2 unspecified atom stereocenters. The van der Waals surface area contributed by atoms with E-state index in [-0.39, 0.29) is 11.9 Å². The normalized spacial score (nSPS) is 25.2. The van der Waals surface area contributed by atoms with E-state index in [0.29, 0.717) is 31.4 Å². The fourth-order valence-corrected chi connectivity index (χ4v) is 3.89. The lowest BCUT2D eigenvalue weighted by molar-refractivity contribution is 0.0501. The summed E-state index contributed by atoms with van der Waals surface area (Å²) in [4.78, 5) is 4.24. The van der Waals surface area contributed by atoms with E-state index in [1.54, 1.807) is 6.07 Å². The molecule has 4 nitrogen and oxygen atoms in total. The minimum atomic E-state index is -0.179. The fraction of sp³-hybridized carbons (Fsp3) is 0.684. The minimum absolute atomic E-state index is 0.152. The minimum Gasteiger partial charge on any atom is -0.393 e. The van der Waals surface area contributed by atoms with Gasteiger partial charge in [-0.3, -0.25) is 0 Å². The second-order valence-electron chi connectivity index (χ2n) is 7.19. The number of aliphatic hydroxyl groups is 1. The van der Waals surface area contributed by atoms with Crippen molar-refractivity contribution < 1.29 is 14.2 Å². The van der Waals surface area contributed by atoms with Crippen LogP contribution in [0.5, 0.6) is 0 Å². The first-order valence-electron chi connectivity index (χ1n) is 9.11. The van der Waals surface area contributed by atoms with Gasteiger partial charge in [-0.15, -0.1) is 0 Å². The van der Waals surface area contributed by atoms with Crippen molar-refractivity contribution in [3.05, 3.63) is 29.6 Å². The Labute approximate surface area is 144 Å². The van der Waals surface area contributed by atoms with Crippen LogP contribution in [-0.2, 0) is 11.3 Å². The van der Waals surface area contributed by atoms with Crippen LogP contribution >= 0.6 is 0 Å². The SMILES string of the molecule is CN(Cc1ccc(N2CCOCC2)c(F)c1)CC1CCCCC1O. The summed E-state index contributed by atoms with van der Waals surface area (Å²) in [7, 11) is 2.05. The summed E-state index contributed by atoms with van der Waals surface area (Å²) in [5, 5.41) is 10.1. The van der Waals surface area contributed by atoms with Crippen molar-refractivity contribution in [2.24, 2.45) is 5.92 Å². The highest BCUT2D eigenvalue weighted by molar-refractivity contribution is 5.49. The average Bonchev–Trinajstić information content (AvgIpc) is 2.58. The number of morpholine rings is 1. The van der Waals surface area contributed by atoms with Gasteiger partial charge in [0.1, 0.15) is 5.82 Å². The van der Waals surface area contributed by atoms with Gasteiger partial charge in [0.25, 0.3) is 0 Å². The summed E-state index contributed by atoms with van der Waals surface area (Å²) in [5.74, 6) is 0.196. The van der Waals surface area contributed by atoms with E-state index in [9.17, 15) is 9.50 Å². The molecule has 134 valence electrons. The molecule has 2 fully saturated rings. The second kappa shape index (κ2) is 8.28. The molecule has 1 N–H and O–H groups in total. The first kappa shape index (κ1) is 17.6. The van der Waals surface area contributed by atoms with Crippen LogP contribution < -0.4 is 4.90 Å². The molecular formula is C19H29FN2O2. The van der Waals surface area contributed by atoms with Gasteiger partial charge in [0, 0.05) is 26.2 Å². The molecule has 3 rings (SSSR count). The Kier molecular flexibility index (Phi) is 6.09. The van der Waals surface area contributed by atoms with E-state index < -0.39 is 0 Å². The van der Waals surface area contributed by atoms with Gasteiger partial charge < -0.3 is 19.6 Å². The van der Waals surface area contributed by atoms with E-state index in [4.69, 9.17) is 4.74 Å². The van der Waals surface area contributed by atoms with E-state index >= 15 is 0 Å². The monoisotopic (exact) mass is 336 g/mol. The van der Waals surface area contributed by atoms with Crippen molar-refractivity contribution >= 4 is 5.69 Å². The molecule has 0 spiro atoms. The highest BCUT2D eigenvalue weighted by Crippen LogP contribution is 2.26. The first-order valence-corrected chi connectivity index (χ1v) is 9.11. The zero-order valence-corrected chi connectivity index (χ0v) is 14.6. The zero-order chi connectivity index (χ0) is 16.9. The van der Waals surface area contributed by atoms with Crippen LogP contribution in [0.1, 0.15) is 31.2 Å². The molecule has 1 aromatic rings. The molecule has 0 bridgehead atoms. The molecule has 0 aromatic heterocycles. The fourth-order valence-electron chi connectivity index (χ4n) is 3.89. The maximum Gasteiger partial charge on any atom is 0.146 e. The number of nitrogens with zero attached hydrogens (tertiary/aromatic N) is 2. The number of hydrogen-bond donors (Lipinski definition) is 1. The number of hydrogen-bond acceptors (Lipinski definition) is 4. The molecule has 1 saturated carbocycles. The number of anilines is 1. The lowest BCUT2D eigenvalue weighted by Gasteiger charge is -2.31. The van der Waals surface area contributed by atoms with Gasteiger partial charge in [-0.05, 0) is 43.5 Å². The third kappa shape index (κ3) is 4.47. The smallest absolute Gasteiger partial charge is 0.146 e. The summed E-state index contributed by atoms with van der Waals surface area (Å²) in [5.41, 5.74) is 1.66. The lowest BCUT2D eigenvalue weighted by atomic mass is 9.86. The molecule has 1 heterocycles. The maximum atomic E-state index is 14.5. The van der Waals surface area contributed by atoms with E-state index in [0.717, 1.165) is 44.5 Å². The standard InChI is InChI=1S/C19H29FN2O2/c1-21(14-16-4-2-3-5-19(16)23)13-15-6-7-18(17(20)12-15)22-8-10-24-11-9-22/h6-7,12,16,19,23H,2-5,8-11,13-14H2,1H3. The van der Waals surface area contributed by atoms with Crippen molar-refractivity contribution in [3.8, 4) is 0 Å².